The van der Waals surface area contributed by atoms with Gasteiger partial charge in [-0.25, -0.2) is 0 Å². The van der Waals surface area contributed by atoms with Crippen LogP contribution < -0.4 is 0 Å². The van der Waals surface area contributed by atoms with E-state index < -0.39 is 0 Å². The van der Waals surface area contributed by atoms with Crippen molar-refractivity contribution in [3.8, 4) is 11.4 Å². The van der Waals surface area contributed by atoms with Crippen molar-refractivity contribution in [2.45, 2.75) is 61.8 Å². The molecule has 1 aromatic carbocycles. The van der Waals surface area contributed by atoms with E-state index in [0.717, 1.165) is 23.4 Å². The maximum absolute atomic E-state index is 10.5. The Morgan fingerprint density at radius 1 is 1.18 bits per heavy atom. The number of aliphatic hydroxyl groups excluding tert-OH is 1. The van der Waals surface area contributed by atoms with Gasteiger partial charge in [0.15, 0.2) is 5.78 Å². The Morgan fingerprint density at radius 2 is 1.71 bits per heavy atom. The average molecular weight is 560 g/mol. The predicted octanol–water partition coefficient (Wildman–Crippen LogP) is 5.49. The van der Waals surface area contributed by atoms with Gasteiger partial charge in [-0.2, -0.15) is 0 Å². The largest absolute Gasteiger partial charge is 0.512 e. The number of hydrogen-bond donors (Lipinski definition) is 1. The fourth-order valence-electron chi connectivity index (χ4n) is 2.16. The number of ketones is 1. The third-order valence-electron chi connectivity index (χ3n) is 4.30. The number of carbonyl (C=O) groups excluding carboxylic acids is 1. The van der Waals surface area contributed by atoms with E-state index in [-0.39, 0.29) is 37.1 Å². The van der Waals surface area contributed by atoms with Crippen LogP contribution in [0.3, 0.4) is 0 Å². The van der Waals surface area contributed by atoms with Crippen LogP contribution in [0.25, 0.3) is 11.4 Å². The summed E-state index contributed by atoms with van der Waals surface area (Å²) in [5.41, 5.74) is 5.55. The number of benzene rings is 1. The molecule has 1 N–H and O–H groups in total. The van der Waals surface area contributed by atoms with Gasteiger partial charge >= 0.3 is 0 Å². The standard InChI is InChI=1S/C15H17N2.C8H14O2.Ir/c1-5-13-8-16-15(17-9-13)14-6-10(2)12(4)11(3)7-14;1-6(9)5-7(10)8(2,3)4;/h6,8-9H,5H2,1-4H3;5,10H,1-4H3;/q-1;;. The Morgan fingerprint density at radius 3 is 2.07 bits per heavy atom. The number of aryl methyl sites for hydroxylation is 3. The summed E-state index contributed by atoms with van der Waals surface area (Å²) in [6.07, 6.45) is 6.00. The maximum Gasteiger partial charge on any atom is 0.155 e. The van der Waals surface area contributed by atoms with Crippen LogP contribution in [0.15, 0.2) is 30.3 Å². The second kappa shape index (κ2) is 11.2. The molecule has 0 saturated heterocycles. The molecule has 0 fully saturated rings. The van der Waals surface area contributed by atoms with Crippen molar-refractivity contribution >= 4 is 5.78 Å². The molecule has 0 aliphatic heterocycles. The van der Waals surface area contributed by atoms with Crippen LogP contribution in [0.5, 0.6) is 0 Å². The van der Waals surface area contributed by atoms with Crippen LogP contribution in [-0.4, -0.2) is 20.9 Å². The Hall–Kier alpha value is -1.84. The molecule has 0 saturated carbocycles. The molecule has 1 aromatic heterocycles. The first-order chi connectivity index (χ1) is 12.5. The summed E-state index contributed by atoms with van der Waals surface area (Å²) in [5.74, 6) is 0.779. The Kier molecular flexibility index (Phi) is 10.5. The zero-order valence-corrected chi connectivity index (χ0v) is 20.5. The summed E-state index contributed by atoms with van der Waals surface area (Å²) >= 11 is 0. The first-order valence-electron chi connectivity index (χ1n) is 9.18. The number of carbonyl (C=O) groups is 1. The third kappa shape index (κ3) is 8.03. The monoisotopic (exact) mass is 560 g/mol. The molecule has 0 bridgehead atoms. The van der Waals surface area contributed by atoms with E-state index in [1.54, 1.807) is 0 Å². The molecule has 0 amide bonds. The maximum atomic E-state index is 10.5. The van der Waals surface area contributed by atoms with Crippen LogP contribution in [0.4, 0.5) is 0 Å². The van der Waals surface area contributed by atoms with E-state index in [1.165, 1.54) is 29.7 Å². The van der Waals surface area contributed by atoms with Crippen LogP contribution >= 0.6 is 0 Å². The number of hydrogen-bond acceptors (Lipinski definition) is 4. The Labute approximate surface area is 182 Å². The molecule has 0 spiro atoms. The SMILES string of the molecule is CC(=O)C=C(O)C(C)(C)C.CCc1cnc(-c2[c-]c(C)c(C)c(C)c2)nc1.[Ir]. The molecule has 0 unspecified atom stereocenters. The number of rotatable bonds is 3. The van der Waals surface area contributed by atoms with Gasteiger partial charge < -0.3 is 5.11 Å². The second-order valence-electron chi connectivity index (χ2n) is 7.77. The zero-order valence-electron chi connectivity index (χ0n) is 18.1. The van der Waals surface area contributed by atoms with Crippen molar-refractivity contribution in [1.29, 1.82) is 0 Å². The van der Waals surface area contributed by atoms with Crippen LogP contribution in [0.2, 0.25) is 0 Å². The number of allylic oxidation sites excluding steroid dienone is 2. The molecule has 2 rings (SSSR count). The zero-order chi connectivity index (χ0) is 20.8. The Bertz CT molecular complexity index is 796. The van der Waals surface area contributed by atoms with E-state index in [1.807, 2.05) is 33.2 Å². The molecule has 0 aliphatic rings. The van der Waals surface area contributed by atoms with E-state index >= 15 is 0 Å². The molecule has 4 nitrogen and oxygen atoms in total. The Balaban J connectivity index is 0.000000577. The summed E-state index contributed by atoms with van der Waals surface area (Å²) in [5, 5.41) is 9.20. The molecular weight excluding hydrogens is 528 g/mol. The van der Waals surface area contributed by atoms with Crippen molar-refractivity contribution in [2.75, 3.05) is 0 Å². The summed E-state index contributed by atoms with van der Waals surface area (Å²) in [6.45, 7) is 15.4. The molecule has 1 radical (unpaired) electrons. The first-order valence-corrected chi connectivity index (χ1v) is 9.18. The van der Waals surface area contributed by atoms with Crippen LogP contribution in [-0.2, 0) is 31.3 Å². The molecule has 1 heterocycles. The van der Waals surface area contributed by atoms with Crippen molar-refractivity contribution in [2.24, 2.45) is 5.41 Å². The van der Waals surface area contributed by atoms with E-state index in [4.69, 9.17) is 0 Å². The van der Waals surface area contributed by atoms with Crippen LogP contribution in [0.1, 0.15) is 56.9 Å². The van der Waals surface area contributed by atoms with Gasteiger partial charge in [-0.05, 0) is 18.9 Å². The van der Waals surface area contributed by atoms with Crippen molar-refractivity contribution < 1.29 is 30.0 Å². The van der Waals surface area contributed by atoms with Gasteiger partial charge in [0, 0.05) is 44.0 Å². The van der Waals surface area contributed by atoms with Crippen molar-refractivity contribution in [3.63, 3.8) is 0 Å². The van der Waals surface area contributed by atoms with Gasteiger partial charge in [0.05, 0.1) is 5.82 Å². The van der Waals surface area contributed by atoms with Gasteiger partial charge in [0.2, 0.25) is 0 Å². The quantitative estimate of drug-likeness (QED) is 0.307. The predicted molar refractivity (Wildman–Crippen MR) is 111 cm³/mol. The van der Waals surface area contributed by atoms with Gasteiger partial charge in [-0.3, -0.25) is 14.8 Å². The van der Waals surface area contributed by atoms with Crippen LogP contribution in [0, 0.1) is 32.3 Å². The molecule has 0 aliphatic carbocycles. The fourth-order valence-corrected chi connectivity index (χ4v) is 2.16. The van der Waals surface area contributed by atoms with E-state index in [9.17, 15) is 9.90 Å². The topological polar surface area (TPSA) is 63.1 Å². The summed E-state index contributed by atoms with van der Waals surface area (Å²) in [6, 6.07) is 5.45. The van der Waals surface area contributed by atoms with Gasteiger partial charge in [0.1, 0.15) is 5.76 Å². The fraction of sp³-hybridized carbons (Fsp3) is 0.435. The number of aromatic nitrogens is 2. The van der Waals surface area contributed by atoms with Crippen molar-refractivity contribution in [3.05, 3.63) is 58.6 Å². The molecular formula is C23H31IrN2O2-. The van der Waals surface area contributed by atoms with Gasteiger partial charge in [-0.1, -0.05) is 48.5 Å². The first kappa shape index (κ1) is 26.2. The molecule has 0 atom stereocenters. The average Bonchev–Trinajstić information content (AvgIpc) is 2.58. The van der Waals surface area contributed by atoms with E-state index in [2.05, 4.69) is 49.8 Å². The molecule has 5 heteroatoms. The smallest absolute Gasteiger partial charge is 0.155 e. The minimum atomic E-state index is -0.314. The molecule has 155 valence electrons. The molecule has 2 aromatic rings. The van der Waals surface area contributed by atoms with Gasteiger partial charge in [0.25, 0.3) is 0 Å². The normalized spacial score (nSPS) is 11.2. The number of aliphatic hydroxyl groups is 1. The summed E-state index contributed by atoms with van der Waals surface area (Å²) in [7, 11) is 0. The minimum absolute atomic E-state index is 0. The summed E-state index contributed by atoms with van der Waals surface area (Å²) < 4.78 is 0. The molecule has 28 heavy (non-hydrogen) atoms. The minimum Gasteiger partial charge on any atom is -0.512 e. The second-order valence-corrected chi connectivity index (χ2v) is 7.77. The summed E-state index contributed by atoms with van der Waals surface area (Å²) in [4.78, 5) is 19.2. The van der Waals surface area contributed by atoms with E-state index in [0.29, 0.717) is 0 Å². The van der Waals surface area contributed by atoms with Gasteiger partial charge in [-0.15, -0.1) is 34.4 Å². The number of nitrogens with zero attached hydrogens (tertiary/aromatic N) is 2. The van der Waals surface area contributed by atoms with Crippen molar-refractivity contribution in [1.82, 2.24) is 9.97 Å². The third-order valence-corrected chi connectivity index (χ3v) is 4.30.